The minimum atomic E-state index is 0. The molecule has 0 amide bonds. The second-order valence-corrected chi connectivity index (χ2v) is 11.1. The molecule has 0 aliphatic heterocycles. The third-order valence-electron chi connectivity index (χ3n) is 8.22. The van der Waals surface area contributed by atoms with Crippen molar-refractivity contribution >= 4 is 56.0 Å². The van der Waals surface area contributed by atoms with Gasteiger partial charge in [-0.1, -0.05) is 63.1 Å². The van der Waals surface area contributed by atoms with Crippen molar-refractivity contribution in [3.63, 3.8) is 0 Å². The number of pyridine rings is 2. The van der Waals surface area contributed by atoms with Crippen LogP contribution in [0.25, 0.3) is 43.6 Å². The van der Waals surface area contributed by atoms with Gasteiger partial charge in [0.05, 0.1) is 34.8 Å². The average Bonchev–Trinajstić information content (AvgIpc) is 3.50. The van der Waals surface area contributed by atoms with Gasteiger partial charge in [-0.2, -0.15) is 0 Å². The number of aryl methyl sites for hydroxylation is 2. The molecule has 0 aliphatic rings. The molecule has 6 aromatic rings. The Labute approximate surface area is 254 Å². The molecule has 0 unspecified atom stereocenters. The molecule has 0 bridgehead atoms. The van der Waals surface area contributed by atoms with Gasteiger partial charge in [0.1, 0.15) is 0 Å². The molecule has 2 N–H and O–H groups in total. The van der Waals surface area contributed by atoms with Gasteiger partial charge in [0, 0.05) is 58.8 Å². The van der Waals surface area contributed by atoms with Crippen molar-refractivity contribution in [1.82, 2.24) is 29.7 Å². The fraction of sp³-hybridized carbons (Fsp3) is 0.371. The topological polar surface area (TPSA) is 59.7 Å². The van der Waals surface area contributed by atoms with Crippen LogP contribution in [0.4, 0.5) is 0 Å². The van der Waals surface area contributed by atoms with E-state index in [4.69, 9.17) is 9.97 Å². The molecule has 42 heavy (non-hydrogen) atoms. The summed E-state index contributed by atoms with van der Waals surface area (Å²) in [5.41, 5.74) is 7.29. The van der Waals surface area contributed by atoms with Gasteiger partial charge in [-0.05, 0) is 56.6 Å². The summed E-state index contributed by atoms with van der Waals surface area (Å²) in [6.45, 7) is 10.0. The maximum absolute atomic E-state index is 4.80. The summed E-state index contributed by atoms with van der Waals surface area (Å²) in [6, 6.07) is 22.0. The molecule has 0 radical (unpaired) electrons. The lowest BCUT2D eigenvalue weighted by Crippen LogP contribution is -2.22. The maximum atomic E-state index is 4.80. The predicted octanol–water partition coefficient (Wildman–Crippen LogP) is 7.98. The number of aromatic nitrogens is 4. The Hall–Kier alpha value is -3.45. The highest BCUT2D eigenvalue weighted by molar-refractivity contribution is 6.08. The van der Waals surface area contributed by atoms with Crippen molar-refractivity contribution in [2.45, 2.75) is 72.1 Å². The number of fused-ring (bicyclic) bond motifs is 6. The Balaban J connectivity index is 0.00000353. The van der Waals surface area contributed by atoms with E-state index in [9.17, 15) is 0 Å². The van der Waals surface area contributed by atoms with Crippen LogP contribution in [-0.4, -0.2) is 32.2 Å². The van der Waals surface area contributed by atoms with E-state index in [1.807, 2.05) is 0 Å². The normalized spacial score (nSPS) is 11.7. The monoisotopic (exact) mass is 582 g/mol. The number of benzene rings is 2. The molecule has 6 rings (SSSR count). The Morgan fingerprint density at radius 2 is 1.02 bits per heavy atom. The maximum Gasteiger partial charge on any atom is 0.0678 e. The van der Waals surface area contributed by atoms with E-state index in [-0.39, 0.29) is 12.4 Å². The van der Waals surface area contributed by atoms with Crippen molar-refractivity contribution in [3.05, 3.63) is 84.4 Å². The van der Waals surface area contributed by atoms with E-state index >= 15 is 0 Å². The summed E-state index contributed by atoms with van der Waals surface area (Å²) in [6.07, 6.45) is 9.92. The number of hydrogen-bond acceptors (Lipinski definition) is 4. The number of hydrogen-bond donors (Lipinski definition) is 2. The van der Waals surface area contributed by atoms with E-state index in [1.54, 1.807) is 0 Å². The quantitative estimate of drug-likeness (QED) is 0.128. The first-order valence-electron chi connectivity index (χ1n) is 15.4. The first-order valence-corrected chi connectivity index (χ1v) is 15.4. The molecular formula is C35H43ClN6. The van der Waals surface area contributed by atoms with Crippen LogP contribution in [0.1, 0.15) is 57.3 Å². The van der Waals surface area contributed by atoms with Crippen molar-refractivity contribution in [2.75, 3.05) is 13.1 Å². The third kappa shape index (κ3) is 6.17. The van der Waals surface area contributed by atoms with E-state index in [1.165, 1.54) is 69.3 Å². The Kier molecular flexibility index (Phi) is 10.1. The van der Waals surface area contributed by atoms with Gasteiger partial charge in [0.2, 0.25) is 0 Å². The predicted molar refractivity (Wildman–Crippen MR) is 180 cm³/mol. The number of rotatable bonds is 14. The number of para-hydroxylation sites is 2. The highest BCUT2D eigenvalue weighted by atomic mass is 35.5. The highest BCUT2D eigenvalue weighted by Gasteiger charge is 2.12. The van der Waals surface area contributed by atoms with Crippen molar-refractivity contribution < 1.29 is 0 Å². The van der Waals surface area contributed by atoms with Crippen LogP contribution in [0.5, 0.6) is 0 Å². The van der Waals surface area contributed by atoms with Gasteiger partial charge in [0.25, 0.3) is 0 Å². The van der Waals surface area contributed by atoms with Gasteiger partial charge in [-0.15, -0.1) is 12.4 Å². The average molecular weight is 583 g/mol. The van der Waals surface area contributed by atoms with E-state index < -0.39 is 0 Å². The molecule has 0 saturated carbocycles. The number of halogens is 1. The zero-order valence-corrected chi connectivity index (χ0v) is 25.7. The van der Waals surface area contributed by atoms with Gasteiger partial charge in [0.15, 0.2) is 0 Å². The SMILES string of the molecule is CCCCn1c2ccccc2c2cc(CNCCCNCc3cc4c5ccccc5n(CCCC)c4cn3)ncc21.Cl. The fourth-order valence-electron chi connectivity index (χ4n) is 6.06. The highest BCUT2D eigenvalue weighted by Crippen LogP contribution is 2.30. The smallest absolute Gasteiger partial charge is 0.0678 e. The fourth-order valence-corrected chi connectivity index (χ4v) is 6.06. The summed E-state index contributed by atoms with van der Waals surface area (Å²) < 4.78 is 4.86. The minimum absolute atomic E-state index is 0. The van der Waals surface area contributed by atoms with Crippen molar-refractivity contribution in [1.29, 1.82) is 0 Å². The lowest BCUT2D eigenvalue weighted by atomic mass is 10.1. The van der Waals surface area contributed by atoms with E-state index in [0.29, 0.717) is 0 Å². The van der Waals surface area contributed by atoms with Gasteiger partial charge < -0.3 is 19.8 Å². The minimum Gasteiger partial charge on any atom is -0.339 e. The number of unbranched alkanes of at least 4 members (excludes halogenated alkanes) is 2. The summed E-state index contributed by atoms with van der Waals surface area (Å²) in [5.74, 6) is 0. The van der Waals surface area contributed by atoms with Crippen LogP contribution in [0.2, 0.25) is 0 Å². The second-order valence-electron chi connectivity index (χ2n) is 11.1. The summed E-state index contributed by atoms with van der Waals surface area (Å²) in [7, 11) is 0. The first kappa shape index (κ1) is 30.0. The zero-order valence-electron chi connectivity index (χ0n) is 24.9. The molecule has 7 heteroatoms. The Bertz CT molecular complexity index is 1640. The Morgan fingerprint density at radius 1 is 0.571 bits per heavy atom. The molecule has 220 valence electrons. The zero-order chi connectivity index (χ0) is 28.0. The molecule has 0 saturated heterocycles. The Morgan fingerprint density at radius 3 is 1.48 bits per heavy atom. The van der Waals surface area contributed by atoms with Crippen molar-refractivity contribution in [3.8, 4) is 0 Å². The molecule has 4 heterocycles. The summed E-state index contributed by atoms with van der Waals surface area (Å²) >= 11 is 0. The molecule has 4 aromatic heterocycles. The molecule has 0 spiro atoms. The second kappa shape index (κ2) is 14.1. The summed E-state index contributed by atoms with van der Waals surface area (Å²) in [5, 5.41) is 12.4. The molecule has 6 nitrogen and oxygen atoms in total. The van der Waals surface area contributed by atoms with Gasteiger partial charge in [-0.3, -0.25) is 9.97 Å². The number of nitrogens with one attached hydrogen (secondary N) is 2. The van der Waals surface area contributed by atoms with Crippen LogP contribution in [0.15, 0.2) is 73.1 Å². The third-order valence-corrected chi connectivity index (χ3v) is 8.22. The molecule has 0 aliphatic carbocycles. The van der Waals surface area contributed by atoms with E-state index in [2.05, 4.69) is 107 Å². The first-order chi connectivity index (χ1) is 20.3. The standard InChI is InChI=1S/C35H42N6.ClH/c1-3-5-18-40-32-14-9-7-12-28(32)30-20-26(38-24-34(30)40)22-36-16-11-17-37-23-27-21-31-29-13-8-10-15-33(29)41(19-6-4-2)35(31)25-39-27;/h7-10,12-15,20-21,24-25,36-37H,3-6,11,16-19,22-23H2,1-2H3;1H. The van der Waals surface area contributed by atoms with Gasteiger partial charge >= 0.3 is 0 Å². The molecule has 0 atom stereocenters. The number of nitrogens with zero attached hydrogens (tertiary/aromatic N) is 4. The van der Waals surface area contributed by atoms with Crippen LogP contribution in [0.3, 0.4) is 0 Å². The van der Waals surface area contributed by atoms with Crippen LogP contribution in [-0.2, 0) is 26.2 Å². The summed E-state index contributed by atoms with van der Waals surface area (Å²) in [4.78, 5) is 9.60. The lowest BCUT2D eigenvalue weighted by Gasteiger charge is -2.08. The molecular weight excluding hydrogens is 540 g/mol. The van der Waals surface area contributed by atoms with Crippen LogP contribution >= 0.6 is 12.4 Å². The van der Waals surface area contributed by atoms with Crippen LogP contribution in [0, 0.1) is 0 Å². The van der Waals surface area contributed by atoms with Crippen molar-refractivity contribution in [2.24, 2.45) is 0 Å². The van der Waals surface area contributed by atoms with Gasteiger partial charge in [-0.25, -0.2) is 0 Å². The lowest BCUT2D eigenvalue weighted by molar-refractivity contribution is 0.588. The van der Waals surface area contributed by atoms with E-state index in [0.717, 1.165) is 57.1 Å². The van der Waals surface area contributed by atoms with Crippen LogP contribution < -0.4 is 10.6 Å². The largest absolute Gasteiger partial charge is 0.339 e. The molecule has 2 aromatic carbocycles. The molecule has 0 fully saturated rings.